The van der Waals surface area contributed by atoms with Gasteiger partial charge >= 0.3 is 12.3 Å². The molecular weight excluding hydrogens is 537 g/mol. The molecule has 2 aromatic carbocycles. The average molecular weight is 573 g/mol. The van der Waals surface area contributed by atoms with Crippen molar-refractivity contribution < 1.29 is 37.3 Å². The van der Waals surface area contributed by atoms with Crippen LogP contribution in [0, 0.1) is 5.92 Å². The van der Waals surface area contributed by atoms with Gasteiger partial charge in [0, 0.05) is 37.5 Å². The number of carbonyl (C=O) groups excluding carboxylic acids is 2. The fraction of sp³-hybridized carbons (Fsp3) is 0.484. The second-order valence-electron chi connectivity index (χ2n) is 11.6. The molecule has 1 saturated heterocycles. The van der Waals surface area contributed by atoms with Gasteiger partial charge in [-0.25, -0.2) is 0 Å². The van der Waals surface area contributed by atoms with Gasteiger partial charge in [-0.15, -0.1) is 13.2 Å². The highest BCUT2D eigenvalue weighted by Crippen LogP contribution is 2.54. The van der Waals surface area contributed by atoms with Crippen LogP contribution in [0.2, 0.25) is 0 Å². The average Bonchev–Trinajstić information content (AvgIpc) is 3.70. The van der Waals surface area contributed by atoms with E-state index in [4.69, 9.17) is 4.74 Å². The molecule has 3 aliphatic rings. The SMILES string of the molecule is CC(=O)OC12CCC(NC(=O)/C=C/c3cccc(OC(F)(F)F)c3)CC1(c1cccc(O)c1)CCN(CC1CC1)C2. The van der Waals surface area contributed by atoms with Crippen LogP contribution in [0.3, 0.4) is 0 Å². The van der Waals surface area contributed by atoms with Gasteiger partial charge < -0.3 is 19.9 Å². The standard InChI is InChI=1S/C31H35F3N2O5/c1-21(37)40-30-13-12-25(35-28(39)11-10-22-4-2-7-27(16-22)41-31(32,33)34)18-29(30,24-5-3-6-26(38)17-24)14-15-36(20-30)19-23-8-9-23/h2-7,10-11,16-17,23,25,38H,8-9,12-15,18-20H2,1H3,(H,35,39)/b11-10+. The summed E-state index contributed by atoms with van der Waals surface area (Å²) in [7, 11) is 0. The molecule has 3 atom stereocenters. The first-order valence-corrected chi connectivity index (χ1v) is 14.0. The van der Waals surface area contributed by atoms with Crippen LogP contribution in [-0.4, -0.2) is 59.5 Å². The number of likely N-dealkylation sites (tertiary alicyclic amines) is 1. The number of phenolic OH excluding ortho intramolecular Hbond substituents is 1. The van der Waals surface area contributed by atoms with E-state index in [1.165, 1.54) is 50.1 Å². The lowest BCUT2D eigenvalue weighted by Gasteiger charge is -2.59. The van der Waals surface area contributed by atoms with Crippen molar-refractivity contribution >= 4 is 18.0 Å². The van der Waals surface area contributed by atoms with E-state index in [2.05, 4.69) is 15.0 Å². The minimum Gasteiger partial charge on any atom is -0.508 e. The first-order chi connectivity index (χ1) is 19.5. The Kier molecular flexibility index (Phi) is 8.05. The fourth-order valence-electron chi connectivity index (χ4n) is 6.67. The molecular formula is C31H35F3N2O5. The molecule has 220 valence electrons. The Labute approximate surface area is 237 Å². The Hall–Kier alpha value is -3.53. The zero-order valence-electron chi connectivity index (χ0n) is 23.0. The first-order valence-electron chi connectivity index (χ1n) is 14.0. The summed E-state index contributed by atoms with van der Waals surface area (Å²) in [6, 6.07) is 12.2. The monoisotopic (exact) mass is 572 g/mol. The van der Waals surface area contributed by atoms with Crippen molar-refractivity contribution in [1.82, 2.24) is 10.2 Å². The maximum absolute atomic E-state index is 12.9. The first kappa shape index (κ1) is 29.0. The molecule has 3 unspecified atom stereocenters. The van der Waals surface area contributed by atoms with Crippen LogP contribution >= 0.6 is 0 Å². The molecule has 1 aliphatic heterocycles. The molecule has 10 heteroatoms. The second-order valence-corrected chi connectivity index (χ2v) is 11.6. The van der Waals surface area contributed by atoms with E-state index in [1.807, 2.05) is 6.07 Å². The Morgan fingerprint density at radius 1 is 1.12 bits per heavy atom. The third kappa shape index (κ3) is 6.86. The molecule has 1 amide bonds. The summed E-state index contributed by atoms with van der Waals surface area (Å²) in [6.45, 7) is 3.80. The summed E-state index contributed by atoms with van der Waals surface area (Å²) in [5.41, 5.74) is -0.171. The maximum atomic E-state index is 12.9. The van der Waals surface area contributed by atoms with E-state index in [0.717, 1.165) is 18.7 Å². The van der Waals surface area contributed by atoms with Gasteiger partial charge in [-0.2, -0.15) is 0 Å². The molecule has 2 aliphatic carbocycles. The molecule has 1 heterocycles. The third-order valence-corrected chi connectivity index (χ3v) is 8.51. The topological polar surface area (TPSA) is 88.1 Å². The zero-order valence-corrected chi connectivity index (χ0v) is 23.0. The number of ether oxygens (including phenoxy) is 2. The normalized spacial score (nSPS) is 26.8. The maximum Gasteiger partial charge on any atom is 0.573 e. The molecule has 7 nitrogen and oxygen atoms in total. The number of alkyl halides is 3. The number of carbonyl (C=O) groups is 2. The smallest absolute Gasteiger partial charge is 0.508 e. The van der Waals surface area contributed by atoms with Crippen LogP contribution in [0.4, 0.5) is 13.2 Å². The van der Waals surface area contributed by atoms with Crippen LogP contribution in [0.15, 0.2) is 54.6 Å². The van der Waals surface area contributed by atoms with E-state index in [1.54, 1.807) is 24.3 Å². The number of piperidine rings is 1. The van der Waals surface area contributed by atoms with Crippen LogP contribution in [0.1, 0.15) is 56.6 Å². The molecule has 3 fully saturated rings. The Bertz CT molecular complexity index is 1310. The lowest BCUT2D eigenvalue weighted by molar-refractivity contribution is -0.274. The van der Waals surface area contributed by atoms with Gasteiger partial charge in [0.15, 0.2) is 0 Å². The van der Waals surface area contributed by atoms with Gasteiger partial charge in [0.2, 0.25) is 5.91 Å². The summed E-state index contributed by atoms with van der Waals surface area (Å²) in [5.74, 6) is -0.296. The quantitative estimate of drug-likeness (QED) is 0.329. The van der Waals surface area contributed by atoms with Crippen molar-refractivity contribution in [3.63, 3.8) is 0 Å². The van der Waals surface area contributed by atoms with Crippen molar-refractivity contribution in [3.05, 3.63) is 65.7 Å². The minimum absolute atomic E-state index is 0.125. The largest absolute Gasteiger partial charge is 0.573 e. The van der Waals surface area contributed by atoms with Gasteiger partial charge in [-0.05, 0) is 92.5 Å². The number of nitrogens with zero attached hydrogens (tertiary/aromatic N) is 1. The van der Waals surface area contributed by atoms with Crippen molar-refractivity contribution in [2.75, 3.05) is 19.6 Å². The summed E-state index contributed by atoms with van der Waals surface area (Å²) in [4.78, 5) is 27.8. The molecule has 2 aromatic rings. The van der Waals surface area contributed by atoms with Gasteiger partial charge in [0.25, 0.3) is 0 Å². The zero-order chi connectivity index (χ0) is 29.3. The van der Waals surface area contributed by atoms with E-state index < -0.39 is 17.4 Å². The number of hydrogen-bond donors (Lipinski definition) is 2. The second kappa shape index (κ2) is 11.4. The summed E-state index contributed by atoms with van der Waals surface area (Å²) >= 11 is 0. The Morgan fingerprint density at radius 3 is 2.61 bits per heavy atom. The highest BCUT2D eigenvalue weighted by Gasteiger charge is 2.61. The van der Waals surface area contributed by atoms with Crippen LogP contribution in [-0.2, 0) is 19.7 Å². The van der Waals surface area contributed by atoms with Crippen molar-refractivity contribution in [2.24, 2.45) is 5.92 Å². The van der Waals surface area contributed by atoms with Crippen LogP contribution < -0.4 is 10.1 Å². The molecule has 0 radical (unpaired) electrons. The summed E-state index contributed by atoms with van der Waals surface area (Å²) < 4.78 is 47.9. The van der Waals surface area contributed by atoms with Crippen molar-refractivity contribution in [1.29, 1.82) is 0 Å². The van der Waals surface area contributed by atoms with E-state index in [9.17, 15) is 27.9 Å². The molecule has 2 saturated carbocycles. The lowest BCUT2D eigenvalue weighted by atomic mass is 9.55. The Balaban J connectivity index is 1.36. The molecule has 0 spiro atoms. The van der Waals surface area contributed by atoms with E-state index >= 15 is 0 Å². The number of aromatic hydroxyl groups is 1. The number of rotatable bonds is 8. The fourth-order valence-corrected chi connectivity index (χ4v) is 6.67. The molecule has 0 bridgehead atoms. The number of hydrogen-bond acceptors (Lipinski definition) is 6. The van der Waals surface area contributed by atoms with Gasteiger partial charge in [-0.3, -0.25) is 14.5 Å². The number of halogens is 3. The van der Waals surface area contributed by atoms with Crippen LogP contribution in [0.25, 0.3) is 6.08 Å². The predicted octanol–water partition coefficient (Wildman–Crippen LogP) is 5.33. The Morgan fingerprint density at radius 2 is 1.90 bits per heavy atom. The van der Waals surface area contributed by atoms with E-state index in [-0.39, 0.29) is 29.4 Å². The number of phenols is 1. The summed E-state index contributed by atoms with van der Waals surface area (Å²) in [5, 5.41) is 13.4. The highest BCUT2D eigenvalue weighted by atomic mass is 19.4. The highest BCUT2D eigenvalue weighted by molar-refractivity contribution is 5.92. The summed E-state index contributed by atoms with van der Waals surface area (Å²) in [6.07, 6.45) is 2.69. The number of benzene rings is 2. The predicted molar refractivity (Wildman–Crippen MR) is 146 cm³/mol. The van der Waals surface area contributed by atoms with Crippen molar-refractivity contribution in [2.45, 2.75) is 68.9 Å². The minimum atomic E-state index is -4.80. The number of esters is 1. The van der Waals surface area contributed by atoms with Gasteiger partial charge in [0.05, 0.1) is 0 Å². The van der Waals surface area contributed by atoms with Gasteiger partial charge in [-0.1, -0.05) is 24.3 Å². The van der Waals surface area contributed by atoms with Gasteiger partial charge in [0.1, 0.15) is 17.1 Å². The molecule has 0 aromatic heterocycles. The number of fused-ring (bicyclic) bond motifs is 1. The lowest BCUT2D eigenvalue weighted by Crippen LogP contribution is -2.68. The molecule has 41 heavy (non-hydrogen) atoms. The number of nitrogens with one attached hydrogen (secondary N) is 1. The molecule has 2 N–H and O–H groups in total. The number of amides is 1. The van der Waals surface area contributed by atoms with Crippen LogP contribution in [0.5, 0.6) is 11.5 Å². The third-order valence-electron chi connectivity index (χ3n) is 8.51. The van der Waals surface area contributed by atoms with Crippen molar-refractivity contribution in [3.8, 4) is 11.5 Å². The van der Waals surface area contributed by atoms with E-state index in [0.29, 0.717) is 43.7 Å². The molecule has 5 rings (SSSR count).